The molecule has 0 radical (unpaired) electrons. The molecule has 0 saturated heterocycles. The molecular formula is C12H14N2O3. The van der Waals surface area contributed by atoms with E-state index in [1.807, 2.05) is 0 Å². The number of carbonyl (C=O) groups is 1. The van der Waals surface area contributed by atoms with Gasteiger partial charge in [0.2, 0.25) is 5.91 Å². The third-order valence-electron chi connectivity index (χ3n) is 3.06. The average molecular weight is 234 g/mol. The standard InChI is InChI=1S/C12H14N2O3/c15-12(8-9-2-1-3-9)13-10-4-6-11(7-5-10)14(16)17/h4-7,9H,1-3,8H2,(H,13,15). The molecule has 1 N–H and O–H groups in total. The summed E-state index contributed by atoms with van der Waals surface area (Å²) in [5, 5.41) is 13.2. The van der Waals surface area contributed by atoms with Gasteiger partial charge in [-0.15, -0.1) is 0 Å². The first kappa shape index (κ1) is 11.6. The topological polar surface area (TPSA) is 72.2 Å². The number of amides is 1. The van der Waals surface area contributed by atoms with Gasteiger partial charge in [0.25, 0.3) is 5.69 Å². The fraction of sp³-hybridized carbons (Fsp3) is 0.417. The van der Waals surface area contributed by atoms with E-state index < -0.39 is 4.92 Å². The Morgan fingerprint density at radius 1 is 1.35 bits per heavy atom. The zero-order valence-corrected chi connectivity index (χ0v) is 9.39. The van der Waals surface area contributed by atoms with Gasteiger partial charge < -0.3 is 5.32 Å². The van der Waals surface area contributed by atoms with Crippen LogP contribution in [0.3, 0.4) is 0 Å². The minimum absolute atomic E-state index is 0.0106. The molecule has 1 aliphatic carbocycles. The lowest BCUT2D eigenvalue weighted by Crippen LogP contribution is -2.20. The number of non-ortho nitro benzene ring substituents is 1. The second-order valence-corrected chi connectivity index (χ2v) is 4.35. The fourth-order valence-electron chi connectivity index (χ4n) is 1.84. The normalized spacial score (nSPS) is 15.1. The summed E-state index contributed by atoms with van der Waals surface area (Å²) >= 11 is 0. The van der Waals surface area contributed by atoms with Gasteiger partial charge in [-0.2, -0.15) is 0 Å². The van der Waals surface area contributed by atoms with Gasteiger partial charge >= 0.3 is 0 Å². The zero-order chi connectivity index (χ0) is 12.3. The molecule has 0 atom stereocenters. The summed E-state index contributed by atoms with van der Waals surface area (Å²) in [6, 6.07) is 5.88. The molecule has 1 fully saturated rings. The number of rotatable bonds is 4. The van der Waals surface area contributed by atoms with Gasteiger partial charge in [0.05, 0.1) is 4.92 Å². The summed E-state index contributed by atoms with van der Waals surface area (Å²) in [5.74, 6) is 0.511. The monoisotopic (exact) mass is 234 g/mol. The van der Waals surface area contributed by atoms with Gasteiger partial charge in [-0.1, -0.05) is 6.42 Å². The van der Waals surface area contributed by atoms with Crippen LogP contribution in [-0.4, -0.2) is 10.8 Å². The molecule has 2 rings (SSSR count). The molecule has 0 spiro atoms. The Morgan fingerprint density at radius 2 is 2.00 bits per heavy atom. The van der Waals surface area contributed by atoms with Gasteiger partial charge in [-0.05, 0) is 30.9 Å². The number of hydrogen-bond acceptors (Lipinski definition) is 3. The van der Waals surface area contributed by atoms with E-state index in [9.17, 15) is 14.9 Å². The molecule has 0 aliphatic heterocycles. The van der Waals surface area contributed by atoms with Crippen molar-refractivity contribution in [1.29, 1.82) is 0 Å². The predicted molar refractivity (Wildman–Crippen MR) is 63.7 cm³/mol. The number of benzene rings is 1. The van der Waals surface area contributed by atoms with Crippen LogP contribution in [0.5, 0.6) is 0 Å². The second-order valence-electron chi connectivity index (χ2n) is 4.35. The van der Waals surface area contributed by atoms with Gasteiger partial charge in [-0.25, -0.2) is 0 Å². The summed E-state index contributed by atoms with van der Waals surface area (Å²) in [4.78, 5) is 21.6. The van der Waals surface area contributed by atoms with Crippen LogP contribution in [0.1, 0.15) is 25.7 Å². The van der Waals surface area contributed by atoms with E-state index in [1.54, 1.807) is 12.1 Å². The molecule has 1 amide bonds. The van der Waals surface area contributed by atoms with E-state index in [0.29, 0.717) is 18.0 Å². The molecular weight excluding hydrogens is 220 g/mol. The van der Waals surface area contributed by atoms with E-state index in [2.05, 4.69) is 5.32 Å². The number of nitro benzene ring substituents is 1. The van der Waals surface area contributed by atoms with Crippen molar-refractivity contribution >= 4 is 17.3 Å². The Labute approximate surface area is 99.0 Å². The van der Waals surface area contributed by atoms with Crippen molar-refractivity contribution in [2.75, 3.05) is 5.32 Å². The van der Waals surface area contributed by atoms with Gasteiger partial charge in [-0.3, -0.25) is 14.9 Å². The van der Waals surface area contributed by atoms with Crippen LogP contribution in [0.15, 0.2) is 24.3 Å². The lowest BCUT2D eigenvalue weighted by atomic mass is 9.83. The maximum Gasteiger partial charge on any atom is 0.269 e. The Balaban J connectivity index is 1.89. The molecule has 0 unspecified atom stereocenters. The average Bonchev–Trinajstić information content (AvgIpc) is 2.24. The molecule has 17 heavy (non-hydrogen) atoms. The Hall–Kier alpha value is -1.91. The Morgan fingerprint density at radius 3 is 2.47 bits per heavy atom. The van der Waals surface area contributed by atoms with Crippen LogP contribution in [0, 0.1) is 16.0 Å². The lowest BCUT2D eigenvalue weighted by Gasteiger charge is -2.24. The maximum atomic E-state index is 11.6. The molecule has 0 heterocycles. The minimum atomic E-state index is -0.458. The van der Waals surface area contributed by atoms with E-state index >= 15 is 0 Å². The zero-order valence-electron chi connectivity index (χ0n) is 9.39. The van der Waals surface area contributed by atoms with Crippen molar-refractivity contribution in [3.63, 3.8) is 0 Å². The van der Waals surface area contributed by atoms with Crippen molar-refractivity contribution < 1.29 is 9.72 Å². The van der Waals surface area contributed by atoms with E-state index in [4.69, 9.17) is 0 Å². The fourth-order valence-corrected chi connectivity index (χ4v) is 1.84. The van der Waals surface area contributed by atoms with Gasteiger partial charge in [0.1, 0.15) is 0 Å². The molecule has 0 bridgehead atoms. The maximum absolute atomic E-state index is 11.6. The van der Waals surface area contributed by atoms with Crippen LogP contribution in [0.25, 0.3) is 0 Å². The van der Waals surface area contributed by atoms with Crippen molar-refractivity contribution in [3.05, 3.63) is 34.4 Å². The van der Waals surface area contributed by atoms with Crippen molar-refractivity contribution in [2.24, 2.45) is 5.92 Å². The Kier molecular flexibility index (Phi) is 3.37. The van der Waals surface area contributed by atoms with E-state index in [1.165, 1.54) is 18.6 Å². The largest absolute Gasteiger partial charge is 0.326 e. The molecule has 1 aromatic rings. The first-order chi connectivity index (χ1) is 8.15. The minimum Gasteiger partial charge on any atom is -0.326 e. The highest BCUT2D eigenvalue weighted by Gasteiger charge is 2.20. The van der Waals surface area contributed by atoms with Crippen LogP contribution in [-0.2, 0) is 4.79 Å². The number of carbonyl (C=O) groups excluding carboxylic acids is 1. The molecule has 5 nitrogen and oxygen atoms in total. The quantitative estimate of drug-likeness (QED) is 0.643. The SMILES string of the molecule is O=C(CC1CCC1)Nc1ccc([N+](=O)[O-])cc1. The van der Waals surface area contributed by atoms with Crippen LogP contribution in [0.4, 0.5) is 11.4 Å². The van der Waals surface area contributed by atoms with Gasteiger partial charge in [0, 0.05) is 24.2 Å². The summed E-state index contributed by atoms with van der Waals surface area (Å²) in [6.07, 6.45) is 4.04. The summed E-state index contributed by atoms with van der Waals surface area (Å²) in [5.41, 5.74) is 0.641. The van der Waals surface area contributed by atoms with Crippen molar-refractivity contribution in [1.82, 2.24) is 0 Å². The van der Waals surface area contributed by atoms with Crippen LogP contribution < -0.4 is 5.32 Å². The van der Waals surface area contributed by atoms with Crippen molar-refractivity contribution in [3.8, 4) is 0 Å². The number of nitrogens with one attached hydrogen (secondary N) is 1. The molecule has 90 valence electrons. The van der Waals surface area contributed by atoms with E-state index in [-0.39, 0.29) is 11.6 Å². The first-order valence-electron chi connectivity index (χ1n) is 5.69. The molecule has 0 aromatic heterocycles. The third-order valence-corrected chi connectivity index (χ3v) is 3.06. The number of hydrogen-bond donors (Lipinski definition) is 1. The van der Waals surface area contributed by atoms with Crippen LogP contribution in [0.2, 0.25) is 0 Å². The predicted octanol–water partition coefficient (Wildman–Crippen LogP) is 2.72. The highest BCUT2D eigenvalue weighted by atomic mass is 16.6. The summed E-state index contributed by atoms with van der Waals surface area (Å²) in [7, 11) is 0. The molecule has 1 saturated carbocycles. The number of nitrogens with zero attached hydrogens (tertiary/aromatic N) is 1. The second kappa shape index (κ2) is 4.95. The van der Waals surface area contributed by atoms with E-state index in [0.717, 1.165) is 12.8 Å². The Bertz CT molecular complexity index is 424. The summed E-state index contributed by atoms with van der Waals surface area (Å²) in [6.45, 7) is 0. The first-order valence-corrected chi connectivity index (χ1v) is 5.69. The summed E-state index contributed by atoms with van der Waals surface area (Å²) < 4.78 is 0. The highest BCUT2D eigenvalue weighted by molar-refractivity contribution is 5.90. The third kappa shape index (κ3) is 3.03. The highest BCUT2D eigenvalue weighted by Crippen LogP contribution is 2.29. The molecule has 1 aromatic carbocycles. The molecule has 5 heteroatoms. The smallest absolute Gasteiger partial charge is 0.269 e. The number of anilines is 1. The van der Waals surface area contributed by atoms with Gasteiger partial charge in [0.15, 0.2) is 0 Å². The van der Waals surface area contributed by atoms with Crippen molar-refractivity contribution in [2.45, 2.75) is 25.7 Å². The molecule has 1 aliphatic rings. The lowest BCUT2D eigenvalue weighted by molar-refractivity contribution is -0.384. The number of nitro groups is 1. The van der Waals surface area contributed by atoms with Crippen LogP contribution >= 0.6 is 0 Å².